The molecule has 2 aliphatic heterocycles. The highest BCUT2D eigenvalue weighted by atomic mass is 15.0. The van der Waals surface area contributed by atoms with Crippen LogP contribution in [-0.2, 0) is 21.7 Å². The number of nitrogens with zero attached hydrogens (tertiary/aromatic N) is 2. The second-order valence-electron chi connectivity index (χ2n) is 23.5. The Balaban J connectivity index is 1.20. The number of aromatic nitrogens is 2. The predicted octanol–water partition coefficient (Wildman–Crippen LogP) is 15.5. The van der Waals surface area contributed by atoms with Crippen molar-refractivity contribution < 1.29 is 0 Å². The fraction of sp³-hybridized carbons (Fsp3) is 0.258. The molecule has 2 nitrogen and oxygen atoms in total. The number of rotatable bonds is 2. The molecule has 0 unspecified atom stereocenters. The van der Waals surface area contributed by atoms with Crippen molar-refractivity contribution in [1.29, 1.82) is 0 Å². The van der Waals surface area contributed by atoms with Gasteiger partial charge in [0.15, 0.2) is 0 Å². The van der Waals surface area contributed by atoms with Gasteiger partial charge in [0.25, 0.3) is 0 Å². The van der Waals surface area contributed by atoms with Crippen molar-refractivity contribution in [3.8, 4) is 39.1 Å². The number of hydrogen-bond acceptors (Lipinski definition) is 0. The maximum absolute atomic E-state index is 2.75. The highest BCUT2D eigenvalue weighted by Gasteiger charge is 2.42. The predicted molar refractivity (Wildman–Crippen MR) is 283 cm³/mol. The Morgan fingerprint density at radius 2 is 1.02 bits per heavy atom. The molecule has 0 saturated carbocycles. The molecule has 0 saturated heterocycles. The van der Waals surface area contributed by atoms with E-state index in [1.165, 1.54) is 127 Å². The van der Waals surface area contributed by atoms with E-state index >= 15 is 0 Å². The van der Waals surface area contributed by atoms with Crippen LogP contribution in [0.3, 0.4) is 0 Å². The Labute approximate surface area is 385 Å². The number of fused-ring (bicyclic) bond motifs is 12. The van der Waals surface area contributed by atoms with E-state index in [4.69, 9.17) is 0 Å². The van der Waals surface area contributed by atoms with Gasteiger partial charge in [-0.3, -0.25) is 0 Å². The molecule has 2 aliphatic rings. The van der Waals surface area contributed by atoms with E-state index in [9.17, 15) is 0 Å². The van der Waals surface area contributed by atoms with E-state index in [0.29, 0.717) is 0 Å². The standard InChI is InChI=1S/C62H59BN2/c1-59(2,3)41-23-19-36(20-24-41)40-31-48-46-17-14-18-54-56(46)63(51-35-44(62(10,11)12)34-49-47-33-43(61(7,8)9)25-28-52(47)64(54)58(49)51)65-53-27-22-39-29-38(37-15-13-16-42(30-37)60(4,5)6)21-26-45(39)55(53)50(32-40)57(48)65/h13-35H,1-12H3. The van der Waals surface area contributed by atoms with Gasteiger partial charge in [-0.1, -0.05) is 174 Å². The van der Waals surface area contributed by atoms with Crippen LogP contribution < -0.4 is 10.9 Å². The second-order valence-corrected chi connectivity index (χ2v) is 23.5. The largest absolute Gasteiger partial charge is 0.375 e. The summed E-state index contributed by atoms with van der Waals surface area (Å²) < 4.78 is 5.37. The quantitative estimate of drug-likeness (QED) is 0.153. The second kappa shape index (κ2) is 13.2. The molecule has 320 valence electrons. The lowest BCUT2D eigenvalue weighted by Gasteiger charge is -2.35. The van der Waals surface area contributed by atoms with Crippen molar-refractivity contribution in [3.63, 3.8) is 0 Å². The monoisotopic (exact) mass is 842 g/mol. The molecule has 0 amide bonds. The zero-order valence-electron chi connectivity index (χ0n) is 40.3. The average molecular weight is 843 g/mol. The van der Waals surface area contributed by atoms with Crippen LogP contribution in [-0.4, -0.2) is 15.9 Å². The molecule has 65 heavy (non-hydrogen) atoms. The lowest BCUT2D eigenvalue weighted by Crippen LogP contribution is -2.55. The van der Waals surface area contributed by atoms with Gasteiger partial charge in [-0.15, -0.1) is 0 Å². The van der Waals surface area contributed by atoms with Crippen LogP contribution in [0.2, 0.25) is 0 Å². The fourth-order valence-corrected chi connectivity index (χ4v) is 11.4. The molecule has 2 aromatic heterocycles. The Kier molecular flexibility index (Phi) is 8.14. The van der Waals surface area contributed by atoms with E-state index in [0.717, 1.165) is 0 Å². The first-order valence-corrected chi connectivity index (χ1v) is 23.8. The van der Waals surface area contributed by atoms with Gasteiger partial charge in [-0.05, 0) is 142 Å². The van der Waals surface area contributed by atoms with Crippen molar-refractivity contribution in [2.75, 3.05) is 0 Å². The van der Waals surface area contributed by atoms with Crippen molar-refractivity contribution in [2.24, 2.45) is 0 Å². The van der Waals surface area contributed by atoms with Gasteiger partial charge in [0.05, 0.1) is 11.0 Å². The highest BCUT2D eigenvalue weighted by Crippen LogP contribution is 2.48. The van der Waals surface area contributed by atoms with Crippen LogP contribution in [0.25, 0.3) is 93.5 Å². The molecule has 10 aromatic rings. The molecule has 8 aromatic carbocycles. The van der Waals surface area contributed by atoms with Crippen LogP contribution in [0, 0.1) is 0 Å². The number of benzene rings is 8. The Hall–Kier alpha value is -6.32. The van der Waals surface area contributed by atoms with Gasteiger partial charge in [0, 0.05) is 43.8 Å². The Morgan fingerprint density at radius 3 is 1.74 bits per heavy atom. The molecule has 0 bridgehead atoms. The summed E-state index contributed by atoms with van der Waals surface area (Å²) >= 11 is 0. The van der Waals surface area contributed by atoms with Gasteiger partial charge in [-0.2, -0.15) is 0 Å². The summed E-state index contributed by atoms with van der Waals surface area (Å²) in [4.78, 5) is 0. The zero-order chi connectivity index (χ0) is 45.3. The smallest absolute Gasteiger partial charge is 0.333 e. The van der Waals surface area contributed by atoms with E-state index in [1.54, 1.807) is 0 Å². The molecule has 12 rings (SSSR count). The van der Waals surface area contributed by atoms with Crippen molar-refractivity contribution in [3.05, 3.63) is 162 Å². The van der Waals surface area contributed by atoms with E-state index in [1.807, 2.05) is 0 Å². The van der Waals surface area contributed by atoms with Gasteiger partial charge in [-0.25, -0.2) is 0 Å². The van der Waals surface area contributed by atoms with Crippen molar-refractivity contribution in [2.45, 2.75) is 105 Å². The molecule has 0 radical (unpaired) electrons. The average Bonchev–Trinajstić information content (AvgIpc) is 3.78. The van der Waals surface area contributed by atoms with Crippen LogP contribution in [0.1, 0.15) is 105 Å². The Morgan fingerprint density at radius 1 is 0.385 bits per heavy atom. The van der Waals surface area contributed by atoms with Crippen molar-refractivity contribution >= 4 is 72.2 Å². The van der Waals surface area contributed by atoms with E-state index in [-0.39, 0.29) is 28.5 Å². The maximum Gasteiger partial charge on any atom is 0.333 e. The van der Waals surface area contributed by atoms with Crippen LogP contribution in [0.15, 0.2) is 140 Å². The SMILES string of the molecule is CC(C)(C)c1ccc(-c2cc3c4c(c2)c2c5ccc(-c6cccc(C(C)(C)C)c6)cc5ccc2n4B2c4c-3cccc4-n3c4ccc(C(C)(C)C)cc4c4cc(C(C)(C)C)cc2c43)cc1. The minimum atomic E-state index is -0.0427. The molecular formula is C62H59BN2. The molecular weight excluding hydrogens is 784 g/mol. The summed E-state index contributed by atoms with van der Waals surface area (Å²) in [6, 6.07) is 54.9. The molecule has 0 aliphatic carbocycles. The normalized spacial score (nSPS) is 13.8. The summed E-state index contributed by atoms with van der Waals surface area (Å²) in [5.41, 5.74) is 22.6. The highest BCUT2D eigenvalue weighted by molar-refractivity contribution is 6.90. The van der Waals surface area contributed by atoms with E-state index in [2.05, 4.69) is 232 Å². The lowest BCUT2D eigenvalue weighted by atomic mass is 9.45. The van der Waals surface area contributed by atoms with Gasteiger partial charge >= 0.3 is 6.85 Å². The molecule has 0 N–H and O–H groups in total. The summed E-state index contributed by atoms with van der Waals surface area (Å²) in [5, 5.41) is 7.91. The first-order valence-electron chi connectivity index (χ1n) is 23.8. The van der Waals surface area contributed by atoms with Crippen LogP contribution in [0.5, 0.6) is 0 Å². The third-order valence-electron chi connectivity index (χ3n) is 15.1. The zero-order valence-corrected chi connectivity index (χ0v) is 40.3. The lowest BCUT2D eigenvalue weighted by molar-refractivity contribution is 0.590. The molecule has 0 spiro atoms. The van der Waals surface area contributed by atoms with Gasteiger partial charge < -0.3 is 9.05 Å². The third kappa shape index (κ3) is 5.86. The van der Waals surface area contributed by atoms with E-state index < -0.39 is 0 Å². The third-order valence-corrected chi connectivity index (χ3v) is 15.1. The number of hydrogen-bond donors (Lipinski definition) is 0. The van der Waals surface area contributed by atoms with Crippen LogP contribution >= 0.6 is 0 Å². The molecule has 3 heteroatoms. The molecule has 0 atom stereocenters. The minimum Gasteiger partial charge on any atom is -0.375 e. The maximum atomic E-state index is 2.75. The fourth-order valence-electron chi connectivity index (χ4n) is 11.4. The van der Waals surface area contributed by atoms with Crippen molar-refractivity contribution in [1.82, 2.24) is 9.05 Å². The topological polar surface area (TPSA) is 9.86 Å². The summed E-state index contributed by atoms with van der Waals surface area (Å²) in [7, 11) is 0. The van der Waals surface area contributed by atoms with Gasteiger partial charge in [0.2, 0.25) is 0 Å². The minimum absolute atomic E-state index is 0.00817. The summed E-state index contributed by atoms with van der Waals surface area (Å²) in [6.45, 7) is 27.9. The van der Waals surface area contributed by atoms with Crippen LogP contribution in [0.4, 0.5) is 0 Å². The molecule has 0 fully saturated rings. The molecule has 4 heterocycles. The Bertz CT molecular complexity index is 3670. The first-order chi connectivity index (χ1) is 30.8. The van der Waals surface area contributed by atoms with Gasteiger partial charge in [0.1, 0.15) is 0 Å². The first kappa shape index (κ1) is 40.2. The summed E-state index contributed by atoms with van der Waals surface area (Å²) in [6.07, 6.45) is 0. The summed E-state index contributed by atoms with van der Waals surface area (Å²) in [5.74, 6) is 0.